The molecule has 0 fully saturated rings. The topological polar surface area (TPSA) is 57.5 Å². The highest BCUT2D eigenvalue weighted by molar-refractivity contribution is 7.60. The molecular weight excluding hydrogens is 199 g/mol. The maximum atomic E-state index is 11.0. The first-order chi connectivity index (χ1) is 6.21. The van der Waals surface area contributed by atoms with E-state index in [0.29, 0.717) is 0 Å². The van der Waals surface area contributed by atoms with Crippen LogP contribution in [0, 0.1) is 0 Å². The predicted octanol–water partition coefficient (Wildman–Crippen LogP) is 1.79. The smallest absolute Gasteiger partial charge is 0.321 e. The molecule has 0 heterocycles. The van der Waals surface area contributed by atoms with Gasteiger partial charge in [0, 0.05) is 0 Å². The van der Waals surface area contributed by atoms with E-state index in [4.69, 9.17) is 9.79 Å². The second-order valence-corrected chi connectivity index (χ2v) is 5.95. The summed E-state index contributed by atoms with van der Waals surface area (Å²) in [5, 5.41) is 0.0879. The zero-order valence-corrected chi connectivity index (χ0v) is 9.45. The highest BCUT2D eigenvalue weighted by atomic mass is 31.2. The molecule has 0 bridgehead atoms. The van der Waals surface area contributed by atoms with Crippen LogP contribution in [0.4, 0.5) is 0 Å². The van der Waals surface area contributed by atoms with Crippen LogP contribution in [0.25, 0.3) is 0 Å². The molecule has 0 spiro atoms. The van der Waals surface area contributed by atoms with Crippen LogP contribution in [0.3, 0.4) is 0 Å². The van der Waals surface area contributed by atoms with Gasteiger partial charge >= 0.3 is 7.60 Å². The predicted molar refractivity (Wildman–Crippen MR) is 56.8 cm³/mol. The minimum absolute atomic E-state index is 0.0879. The van der Waals surface area contributed by atoms with E-state index >= 15 is 0 Å². The normalized spacial score (nSPS) is 12.9. The summed E-state index contributed by atoms with van der Waals surface area (Å²) in [5.74, 6) is 0. The third-order valence-electron chi connectivity index (χ3n) is 2.05. The fourth-order valence-electron chi connectivity index (χ4n) is 1.15. The Morgan fingerprint density at radius 3 is 2.21 bits per heavy atom. The van der Waals surface area contributed by atoms with Crippen molar-refractivity contribution in [1.29, 1.82) is 0 Å². The first-order valence-corrected chi connectivity index (χ1v) is 5.99. The Bertz CT molecular complexity index is 373. The molecule has 2 N–H and O–H groups in total. The molecule has 0 atom stereocenters. The molecule has 0 radical (unpaired) electrons. The molecule has 1 aromatic carbocycles. The Hall–Kier alpha value is -0.630. The monoisotopic (exact) mass is 214 g/mol. The van der Waals surface area contributed by atoms with Gasteiger partial charge in [-0.2, -0.15) is 0 Å². The first kappa shape index (κ1) is 11.4. The van der Waals surface area contributed by atoms with Gasteiger partial charge in [-0.15, -0.1) is 0 Å². The molecule has 3 nitrogen and oxygen atoms in total. The lowest BCUT2D eigenvalue weighted by Gasteiger charge is -2.19. The van der Waals surface area contributed by atoms with Gasteiger partial charge in [0.1, 0.15) is 0 Å². The molecular formula is C10H15O3P. The minimum Gasteiger partial charge on any atom is -0.321 e. The second kappa shape index (κ2) is 3.50. The van der Waals surface area contributed by atoms with Gasteiger partial charge in [-0.25, -0.2) is 0 Å². The summed E-state index contributed by atoms with van der Waals surface area (Å²) in [6.45, 7) is 6.02. The third kappa shape index (κ3) is 2.68. The minimum atomic E-state index is -4.11. The molecule has 0 unspecified atom stereocenters. The van der Waals surface area contributed by atoms with E-state index in [2.05, 4.69) is 0 Å². The quantitative estimate of drug-likeness (QED) is 0.700. The molecule has 0 amide bonds. The van der Waals surface area contributed by atoms with Crippen LogP contribution in [0.1, 0.15) is 26.3 Å². The van der Waals surface area contributed by atoms with Gasteiger partial charge < -0.3 is 9.79 Å². The summed E-state index contributed by atoms with van der Waals surface area (Å²) in [5.41, 5.74) is 0.837. The SMILES string of the molecule is CC(C)(C)c1cccc(P(=O)(O)O)c1. The molecule has 4 heteroatoms. The summed E-state index contributed by atoms with van der Waals surface area (Å²) in [7, 11) is -4.11. The van der Waals surface area contributed by atoms with Crippen LogP contribution in [0.5, 0.6) is 0 Å². The Labute approximate surface area is 83.9 Å². The molecule has 0 saturated carbocycles. The molecule has 0 aliphatic rings. The van der Waals surface area contributed by atoms with E-state index in [-0.39, 0.29) is 10.7 Å². The maximum absolute atomic E-state index is 11.0. The van der Waals surface area contributed by atoms with E-state index in [1.165, 1.54) is 6.07 Å². The summed E-state index contributed by atoms with van der Waals surface area (Å²) in [6, 6.07) is 6.57. The van der Waals surface area contributed by atoms with Crippen molar-refractivity contribution >= 4 is 12.9 Å². The number of hydrogen-bond donors (Lipinski definition) is 2. The first-order valence-electron chi connectivity index (χ1n) is 4.38. The van der Waals surface area contributed by atoms with Crippen molar-refractivity contribution in [2.24, 2.45) is 0 Å². The summed E-state index contributed by atoms with van der Waals surface area (Å²) < 4.78 is 11.0. The lowest BCUT2D eigenvalue weighted by molar-refractivity contribution is 0.387. The van der Waals surface area contributed by atoms with Gasteiger partial charge in [-0.3, -0.25) is 4.57 Å². The molecule has 78 valence electrons. The molecule has 1 rings (SSSR count). The van der Waals surface area contributed by atoms with Gasteiger partial charge in [0.2, 0.25) is 0 Å². The van der Waals surface area contributed by atoms with E-state index in [0.717, 1.165) is 5.56 Å². The fraction of sp³-hybridized carbons (Fsp3) is 0.400. The lowest BCUT2D eigenvalue weighted by Crippen LogP contribution is -2.14. The van der Waals surface area contributed by atoms with Gasteiger partial charge in [0.05, 0.1) is 5.30 Å². The summed E-state index contributed by atoms with van der Waals surface area (Å²) >= 11 is 0. The van der Waals surface area contributed by atoms with Crippen molar-refractivity contribution in [1.82, 2.24) is 0 Å². The number of hydrogen-bond acceptors (Lipinski definition) is 1. The zero-order chi connectivity index (χ0) is 11.0. The van der Waals surface area contributed by atoms with Crippen molar-refractivity contribution < 1.29 is 14.4 Å². The Morgan fingerprint density at radius 2 is 1.79 bits per heavy atom. The number of benzene rings is 1. The van der Waals surface area contributed by atoms with Crippen LogP contribution in [-0.4, -0.2) is 9.79 Å². The lowest BCUT2D eigenvalue weighted by atomic mass is 9.87. The fourth-order valence-corrected chi connectivity index (χ4v) is 1.74. The van der Waals surface area contributed by atoms with Crippen molar-refractivity contribution in [2.45, 2.75) is 26.2 Å². The van der Waals surface area contributed by atoms with Crippen LogP contribution in [-0.2, 0) is 9.98 Å². The summed E-state index contributed by atoms with van der Waals surface area (Å²) in [4.78, 5) is 18.0. The third-order valence-corrected chi connectivity index (χ3v) is 3.00. The van der Waals surface area contributed by atoms with E-state index < -0.39 is 7.60 Å². The molecule has 1 aromatic rings. The Kier molecular flexibility index (Phi) is 2.86. The van der Waals surface area contributed by atoms with Crippen LogP contribution in [0.2, 0.25) is 0 Å². The second-order valence-electron chi connectivity index (χ2n) is 4.34. The standard InChI is InChI=1S/C10H15O3P/c1-10(2,3)8-5-4-6-9(7-8)14(11,12)13/h4-7H,1-3H3,(H2,11,12,13). The Morgan fingerprint density at radius 1 is 1.21 bits per heavy atom. The highest BCUT2D eigenvalue weighted by Crippen LogP contribution is 2.34. The molecule has 0 aliphatic heterocycles. The maximum Gasteiger partial charge on any atom is 0.356 e. The average Bonchev–Trinajstić information content (AvgIpc) is 2.01. The van der Waals surface area contributed by atoms with Crippen molar-refractivity contribution in [3.05, 3.63) is 29.8 Å². The van der Waals surface area contributed by atoms with E-state index in [1.807, 2.05) is 26.8 Å². The largest absolute Gasteiger partial charge is 0.356 e. The molecule has 14 heavy (non-hydrogen) atoms. The average molecular weight is 214 g/mol. The van der Waals surface area contributed by atoms with Crippen LogP contribution in [0.15, 0.2) is 24.3 Å². The van der Waals surface area contributed by atoms with Crippen LogP contribution >= 0.6 is 7.60 Å². The molecule has 0 aromatic heterocycles. The Balaban J connectivity index is 3.22. The summed E-state index contributed by atoms with van der Waals surface area (Å²) in [6.07, 6.45) is 0. The van der Waals surface area contributed by atoms with Crippen LogP contribution < -0.4 is 5.30 Å². The van der Waals surface area contributed by atoms with Gasteiger partial charge in [-0.1, -0.05) is 32.9 Å². The van der Waals surface area contributed by atoms with E-state index in [9.17, 15) is 4.57 Å². The highest BCUT2D eigenvalue weighted by Gasteiger charge is 2.20. The van der Waals surface area contributed by atoms with Crippen molar-refractivity contribution in [3.8, 4) is 0 Å². The van der Waals surface area contributed by atoms with Crippen molar-refractivity contribution in [2.75, 3.05) is 0 Å². The zero-order valence-electron chi connectivity index (χ0n) is 8.56. The van der Waals surface area contributed by atoms with E-state index in [1.54, 1.807) is 12.1 Å². The molecule has 0 aliphatic carbocycles. The number of rotatable bonds is 1. The van der Waals surface area contributed by atoms with Crippen molar-refractivity contribution in [3.63, 3.8) is 0 Å². The van der Waals surface area contributed by atoms with Gasteiger partial charge in [0.25, 0.3) is 0 Å². The molecule has 0 saturated heterocycles. The van der Waals surface area contributed by atoms with Gasteiger partial charge in [0.15, 0.2) is 0 Å². The van der Waals surface area contributed by atoms with Gasteiger partial charge in [-0.05, 0) is 23.1 Å².